The van der Waals surface area contributed by atoms with Crippen molar-refractivity contribution >= 4 is 11.8 Å². The fraction of sp³-hybridized carbons (Fsp3) is 0.222. The Bertz CT molecular complexity index is 390. The molecule has 1 aromatic rings. The van der Waals surface area contributed by atoms with Gasteiger partial charge in [0, 0.05) is 11.5 Å². The van der Waals surface area contributed by atoms with Crippen LogP contribution < -0.4 is 5.73 Å². The van der Waals surface area contributed by atoms with Gasteiger partial charge in [0.05, 0.1) is 17.6 Å². The van der Waals surface area contributed by atoms with E-state index in [1.165, 1.54) is 0 Å². The Morgan fingerprint density at radius 1 is 1.71 bits per heavy atom. The van der Waals surface area contributed by atoms with E-state index in [4.69, 9.17) is 11.3 Å². The zero-order chi connectivity index (χ0) is 10.4. The lowest BCUT2D eigenvalue weighted by atomic mass is 10.2. The second-order valence-electron chi connectivity index (χ2n) is 2.79. The number of pyridine rings is 1. The van der Waals surface area contributed by atoms with Crippen molar-refractivity contribution in [3.63, 3.8) is 0 Å². The molecule has 0 aliphatic carbocycles. The second-order valence-corrected chi connectivity index (χ2v) is 2.79. The minimum Gasteiger partial charge on any atom is -0.397 e. The molecule has 0 radical (unpaired) electrons. The Labute approximate surface area is 81.9 Å². The highest BCUT2D eigenvalue weighted by Gasteiger charge is 1.94. The molecular weight excluding hydrogens is 178 g/mol. The molecule has 0 spiro atoms. The van der Waals surface area contributed by atoms with E-state index in [1.54, 1.807) is 12.3 Å². The summed E-state index contributed by atoms with van der Waals surface area (Å²) in [4.78, 5) is 6.77. The van der Waals surface area contributed by atoms with Gasteiger partial charge in [-0.1, -0.05) is 11.2 Å². The maximum Gasteiger partial charge on any atom is 0.0657 e. The lowest BCUT2D eigenvalue weighted by molar-refractivity contribution is 1.20. The summed E-state index contributed by atoms with van der Waals surface area (Å²) in [5.41, 5.74) is 16.1. The van der Waals surface area contributed by atoms with Crippen LogP contribution in [0.25, 0.3) is 16.5 Å². The zero-order valence-electron chi connectivity index (χ0n) is 7.88. The molecule has 72 valence electrons. The molecular formula is C9H11N5. The molecule has 1 aromatic heterocycles. The Kier molecular flexibility index (Phi) is 3.52. The summed E-state index contributed by atoms with van der Waals surface area (Å²) < 4.78 is 0. The van der Waals surface area contributed by atoms with Crippen LogP contribution in [0.15, 0.2) is 23.5 Å². The van der Waals surface area contributed by atoms with Gasteiger partial charge in [-0.05, 0) is 30.2 Å². The van der Waals surface area contributed by atoms with Gasteiger partial charge >= 0.3 is 0 Å². The topological polar surface area (TPSA) is 87.7 Å². The van der Waals surface area contributed by atoms with E-state index in [1.807, 2.05) is 19.1 Å². The molecule has 0 saturated heterocycles. The van der Waals surface area contributed by atoms with Gasteiger partial charge in [0.25, 0.3) is 0 Å². The predicted octanol–water partition coefficient (Wildman–Crippen LogP) is 2.30. The average molecular weight is 189 g/mol. The van der Waals surface area contributed by atoms with E-state index in [2.05, 4.69) is 15.0 Å². The number of aromatic nitrogens is 1. The van der Waals surface area contributed by atoms with E-state index in [-0.39, 0.29) is 0 Å². The Hall–Kier alpha value is -2.00. The standard InChI is InChI=1S/C9H11N5/c1-7-5-8(10)6-12-9(7)3-2-4-13-14-11/h2-3,5-6H,4,10H2,1H3. The van der Waals surface area contributed by atoms with Crippen molar-refractivity contribution in [1.82, 2.24) is 4.98 Å². The molecule has 0 aliphatic rings. The van der Waals surface area contributed by atoms with Gasteiger partial charge in [-0.25, -0.2) is 0 Å². The van der Waals surface area contributed by atoms with Gasteiger partial charge in [-0.15, -0.1) is 0 Å². The van der Waals surface area contributed by atoms with Crippen LogP contribution in [0.4, 0.5) is 5.69 Å². The van der Waals surface area contributed by atoms with Crippen LogP contribution >= 0.6 is 0 Å². The van der Waals surface area contributed by atoms with E-state index >= 15 is 0 Å². The summed E-state index contributed by atoms with van der Waals surface area (Å²) in [6.45, 7) is 2.26. The molecule has 0 bridgehead atoms. The van der Waals surface area contributed by atoms with Crippen LogP contribution in [0.2, 0.25) is 0 Å². The molecule has 0 unspecified atom stereocenters. The number of anilines is 1. The number of aryl methyl sites for hydroxylation is 1. The minimum absolute atomic E-state index is 0.335. The largest absolute Gasteiger partial charge is 0.397 e. The summed E-state index contributed by atoms with van der Waals surface area (Å²) in [6.07, 6.45) is 5.16. The third kappa shape index (κ3) is 2.80. The molecule has 0 aromatic carbocycles. The average Bonchev–Trinajstić information content (AvgIpc) is 2.15. The molecule has 2 N–H and O–H groups in total. The van der Waals surface area contributed by atoms with E-state index in [9.17, 15) is 0 Å². The zero-order valence-corrected chi connectivity index (χ0v) is 7.88. The minimum atomic E-state index is 0.335. The van der Waals surface area contributed by atoms with Crippen LogP contribution in [0.5, 0.6) is 0 Å². The molecule has 0 saturated carbocycles. The third-order valence-electron chi connectivity index (χ3n) is 1.67. The summed E-state index contributed by atoms with van der Waals surface area (Å²) in [6, 6.07) is 1.85. The lowest BCUT2D eigenvalue weighted by Gasteiger charge is -1.99. The van der Waals surface area contributed by atoms with Crippen LogP contribution in [0.1, 0.15) is 11.3 Å². The van der Waals surface area contributed by atoms with Crippen molar-refractivity contribution in [3.05, 3.63) is 40.0 Å². The number of hydrogen-bond donors (Lipinski definition) is 1. The first-order valence-electron chi connectivity index (χ1n) is 4.13. The fourth-order valence-corrected chi connectivity index (χ4v) is 1.03. The number of nitrogens with two attached hydrogens (primary N) is 1. The van der Waals surface area contributed by atoms with Crippen molar-refractivity contribution in [2.75, 3.05) is 12.3 Å². The summed E-state index contributed by atoms with van der Waals surface area (Å²) in [5, 5.41) is 3.38. The van der Waals surface area contributed by atoms with Crippen LogP contribution in [-0.2, 0) is 0 Å². The van der Waals surface area contributed by atoms with Gasteiger partial charge in [0.1, 0.15) is 0 Å². The summed E-state index contributed by atoms with van der Waals surface area (Å²) >= 11 is 0. The molecule has 0 amide bonds. The first-order chi connectivity index (χ1) is 6.74. The number of nitrogen functional groups attached to an aromatic ring is 1. The Morgan fingerprint density at radius 2 is 2.50 bits per heavy atom. The van der Waals surface area contributed by atoms with Crippen molar-refractivity contribution in [2.24, 2.45) is 5.11 Å². The summed E-state index contributed by atoms with van der Waals surface area (Å²) in [5.74, 6) is 0. The molecule has 0 atom stereocenters. The maximum atomic E-state index is 8.05. The first-order valence-corrected chi connectivity index (χ1v) is 4.13. The molecule has 5 nitrogen and oxygen atoms in total. The molecule has 1 rings (SSSR count). The normalized spacial score (nSPS) is 10.1. The quantitative estimate of drug-likeness (QED) is 0.449. The number of azide groups is 1. The van der Waals surface area contributed by atoms with Gasteiger partial charge in [0.15, 0.2) is 0 Å². The van der Waals surface area contributed by atoms with Gasteiger partial charge in [0.2, 0.25) is 0 Å². The van der Waals surface area contributed by atoms with Gasteiger partial charge < -0.3 is 5.73 Å². The molecule has 0 aliphatic heterocycles. The Balaban J connectivity index is 2.76. The first kappa shape index (κ1) is 10.1. The molecule has 0 fully saturated rings. The van der Waals surface area contributed by atoms with Crippen molar-refractivity contribution in [3.8, 4) is 0 Å². The van der Waals surface area contributed by atoms with Crippen molar-refractivity contribution in [2.45, 2.75) is 6.92 Å². The number of hydrogen-bond acceptors (Lipinski definition) is 3. The molecule has 5 heteroatoms. The van der Waals surface area contributed by atoms with E-state index in [0.717, 1.165) is 11.3 Å². The number of nitrogens with zero attached hydrogens (tertiary/aromatic N) is 4. The highest BCUT2D eigenvalue weighted by atomic mass is 15.1. The molecule has 14 heavy (non-hydrogen) atoms. The van der Waals surface area contributed by atoms with Crippen LogP contribution in [0.3, 0.4) is 0 Å². The highest BCUT2D eigenvalue weighted by Crippen LogP contribution is 2.10. The fourth-order valence-electron chi connectivity index (χ4n) is 1.03. The highest BCUT2D eigenvalue weighted by molar-refractivity contribution is 5.53. The maximum absolute atomic E-state index is 8.05. The predicted molar refractivity (Wildman–Crippen MR) is 56.4 cm³/mol. The second kappa shape index (κ2) is 4.89. The van der Waals surface area contributed by atoms with Crippen LogP contribution in [-0.4, -0.2) is 11.5 Å². The Morgan fingerprint density at radius 3 is 3.14 bits per heavy atom. The van der Waals surface area contributed by atoms with Crippen molar-refractivity contribution < 1.29 is 0 Å². The van der Waals surface area contributed by atoms with Gasteiger partial charge in [-0.2, -0.15) is 0 Å². The third-order valence-corrected chi connectivity index (χ3v) is 1.67. The SMILES string of the molecule is Cc1cc(N)cnc1C=CCN=[N+]=[N-]. The lowest BCUT2D eigenvalue weighted by Crippen LogP contribution is -1.91. The molecule has 1 heterocycles. The number of rotatable bonds is 3. The van der Waals surface area contributed by atoms with Gasteiger partial charge in [-0.3, -0.25) is 4.98 Å². The van der Waals surface area contributed by atoms with E-state index < -0.39 is 0 Å². The van der Waals surface area contributed by atoms with E-state index in [0.29, 0.717) is 12.2 Å². The summed E-state index contributed by atoms with van der Waals surface area (Å²) in [7, 11) is 0. The van der Waals surface area contributed by atoms with Crippen LogP contribution in [0, 0.1) is 6.92 Å². The smallest absolute Gasteiger partial charge is 0.0657 e. The van der Waals surface area contributed by atoms with Crippen molar-refractivity contribution in [1.29, 1.82) is 0 Å². The monoisotopic (exact) mass is 189 g/mol.